The predicted molar refractivity (Wildman–Crippen MR) is 192 cm³/mol. The van der Waals surface area contributed by atoms with Gasteiger partial charge in [0.05, 0.1) is 17.8 Å². The van der Waals surface area contributed by atoms with Crippen LogP contribution in [0, 0.1) is 18.8 Å². The molecule has 0 saturated carbocycles. The highest BCUT2D eigenvalue weighted by Gasteiger charge is 2.25. The van der Waals surface area contributed by atoms with Gasteiger partial charge in [-0.05, 0) is 81.4 Å². The third-order valence-corrected chi connectivity index (χ3v) is 8.29. The van der Waals surface area contributed by atoms with Crippen LogP contribution in [0.1, 0.15) is 81.5 Å². The highest BCUT2D eigenvalue weighted by Crippen LogP contribution is 2.25. The topological polar surface area (TPSA) is 159 Å². The van der Waals surface area contributed by atoms with E-state index >= 15 is 0 Å². The van der Waals surface area contributed by atoms with Crippen molar-refractivity contribution in [3.63, 3.8) is 0 Å². The van der Waals surface area contributed by atoms with E-state index in [-0.39, 0.29) is 37.2 Å². The molecular weight excluding hydrogens is 646 g/mol. The highest BCUT2D eigenvalue weighted by atomic mass is 35.5. The van der Waals surface area contributed by atoms with Crippen molar-refractivity contribution in [3.05, 3.63) is 64.6 Å². The van der Waals surface area contributed by atoms with Crippen molar-refractivity contribution in [1.29, 1.82) is 0 Å². The largest absolute Gasteiger partial charge is 0.462 e. The number of nitrogens with one attached hydrogen (secondary N) is 5. The Bertz CT molecular complexity index is 1530. The third-order valence-electron chi connectivity index (χ3n) is 8.05. The molecule has 2 aromatic heterocycles. The molecule has 0 fully saturated rings. The molecule has 0 aliphatic rings. The maximum absolute atomic E-state index is 13.5. The van der Waals surface area contributed by atoms with Gasteiger partial charge in [0.1, 0.15) is 31.0 Å². The molecule has 1 aromatic carbocycles. The van der Waals surface area contributed by atoms with Crippen molar-refractivity contribution in [2.45, 2.75) is 85.0 Å². The number of benzene rings is 1. The Morgan fingerprint density at radius 2 is 1.57 bits per heavy atom. The van der Waals surface area contributed by atoms with Crippen molar-refractivity contribution in [2.75, 3.05) is 32.6 Å². The predicted octanol–water partition coefficient (Wildman–Crippen LogP) is 5.45. The number of carbonyl (C=O) groups excluding carboxylic acids is 3. The molecule has 268 valence electrons. The summed E-state index contributed by atoms with van der Waals surface area (Å²) in [4.78, 5) is 51.2. The first kappa shape index (κ1) is 39.4. The quantitative estimate of drug-likeness (QED) is 0.102. The number of rotatable bonds is 19. The van der Waals surface area contributed by atoms with Gasteiger partial charge in [-0.3, -0.25) is 14.4 Å². The second-order valence-corrected chi connectivity index (χ2v) is 13.5. The number of H-pyrrole nitrogens is 1. The fourth-order valence-corrected chi connectivity index (χ4v) is 5.45. The van der Waals surface area contributed by atoms with Crippen molar-refractivity contribution in [2.24, 2.45) is 11.8 Å². The Hall–Kier alpha value is -4.00. The van der Waals surface area contributed by atoms with Crippen molar-refractivity contribution >= 4 is 35.4 Å². The van der Waals surface area contributed by atoms with Crippen LogP contribution >= 0.6 is 11.6 Å². The molecule has 0 aliphatic carbocycles. The molecule has 0 radical (unpaired) electrons. The third kappa shape index (κ3) is 12.1. The fraction of sp³-hybridized carbons (Fsp3) is 0.528. The van der Waals surface area contributed by atoms with E-state index in [0.29, 0.717) is 64.6 Å². The smallest absolute Gasteiger partial charge is 0.323 e. The van der Waals surface area contributed by atoms with Crippen LogP contribution in [-0.4, -0.2) is 78.2 Å². The number of carbonyl (C=O) groups is 3. The van der Waals surface area contributed by atoms with Crippen LogP contribution in [0.4, 0.5) is 5.95 Å². The number of nitrogens with zero attached hydrogens (tertiary/aromatic N) is 2. The summed E-state index contributed by atoms with van der Waals surface area (Å²) in [6.07, 6.45) is 5.40. The number of aryl methyl sites for hydroxylation is 1. The van der Waals surface area contributed by atoms with E-state index in [4.69, 9.17) is 26.1 Å². The summed E-state index contributed by atoms with van der Waals surface area (Å²) in [6, 6.07) is 7.11. The van der Waals surface area contributed by atoms with Crippen molar-refractivity contribution in [1.82, 2.24) is 30.9 Å². The number of aromatic amines is 1. The molecule has 12 nitrogen and oxygen atoms in total. The van der Waals surface area contributed by atoms with E-state index in [1.807, 2.05) is 33.8 Å². The first-order valence-electron chi connectivity index (χ1n) is 16.9. The minimum Gasteiger partial charge on any atom is -0.462 e. The van der Waals surface area contributed by atoms with Gasteiger partial charge in [-0.25, -0.2) is 9.97 Å². The molecule has 49 heavy (non-hydrogen) atoms. The monoisotopic (exact) mass is 697 g/mol. The number of ether oxygens (including phenoxy) is 2. The van der Waals surface area contributed by atoms with E-state index in [9.17, 15) is 14.4 Å². The first-order chi connectivity index (χ1) is 23.3. The van der Waals surface area contributed by atoms with E-state index in [2.05, 4.69) is 45.1 Å². The number of anilines is 1. The van der Waals surface area contributed by atoms with Gasteiger partial charge in [0, 0.05) is 23.0 Å². The van der Waals surface area contributed by atoms with Gasteiger partial charge in [-0.1, -0.05) is 58.4 Å². The Balaban J connectivity index is 1.73. The normalized spacial score (nSPS) is 13.9. The standard InChI is InChI=1S/C36H52ClN7O5/c1-9-27(19-48-34(46)29(38-7)13-21(2)3)42-36-41-17-23(6)32(44-36)25-16-28(40-18-25)33(45)43-31(24-11-10-12-26(37)15-24)20-49-35(47)30(39-8)14-22(4)5/h10-12,15-18,21-22,27,29-31,38-40H,9,13-14,19-20H2,1-8H3,(H,43,45)(H,41,42,44)/t27-,29-,30-,31+/m0/s1. The van der Waals surface area contributed by atoms with Crippen LogP contribution in [0.3, 0.4) is 0 Å². The van der Waals surface area contributed by atoms with Crippen LogP contribution in [0.15, 0.2) is 42.7 Å². The second kappa shape index (κ2) is 19.3. The molecule has 5 N–H and O–H groups in total. The van der Waals surface area contributed by atoms with E-state index in [1.54, 1.807) is 50.8 Å². The van der Waals surface area contributed by atoms with Crippen LogP contribution < -0.4 is 21.3 Å². The number of esters is 2. The molecule has 0 spiro atoms. The Kier molecular flexibility index (Phi) is 15.5. The van der Waals surface area contributed by atoms with Gasteiger partial charge >= 0.3 is 11.9 Å². The zero-order chi connectivity index (χ0) is 36.1. The zero-order valence-corrected chi connectivity index (χ0v) is 30.6. The maximum Gasteiger partial charge on any atom is 0.323 e. The first-order valence-corrected chi connectivity index (χ1v) is 17.3. The van der Waals surface area contributed by atoms with Crippen LogP contribution in [-0.2, 0) is 19.1 Å². The lowest BCUT2D eigenvalue weighted by atomic mass is 10.0. The van der Waals surface area contributed by atoms with Crippen LogP contribution in [0.5, 0.6) is 0 Å². The summed E-state index contributed by atoms with van der Waals surface area (Å²) < 4.78 is 11.3. The molecule has 3 aromatic rings. The molecule has 4 atom stereocenters. The van der Waals surface area contributed by atoms with Gasteiger partial charge in [0.2, 0.25) is 5.95 Å². The summed E-state index contributed by atoms with van der Waals surface area (Å²) in [5, 5.41) is 12.8. The second-order valence-electron chi connectivity index (χ2n) is 13.1. The molecule has 0 saturated heterocycles. The lowest BCUT2D eigenvalue weighted by molar-refractivity contribution is -0.147. The van der Waals surface area contributed by atoms with Gasteiger partial charge < -0.3 is 35.7 Å². The van der Waals surface area contributed by atoms with Crippen LogP contribution in [0.2, 0.25) is 5.02 Å². The summed E-state index contributed by atoms with van der Waals surface area (Å²) in [5.41, 5.74) is 3.13. The van der Waals surface area contributed by atoms with E-state index in [0.717, 1.165) is 5.56 Å². The average molecular weight is 698 g/mol. The zero-order valence-electron chi connectivity index (χ0n) is 29.9. The molecule has 2 heterocycles. The number of amides is 1. The molecule has 3 rings (SSSR count). The maximum atomic E-state index is 13.5. The summed E-state index contributed by atoms with van der Waals surface area (Å²) in [7, 11) is 3.48. The van der Waals surface area contributed by atoms with Gasteiger partial charge in [-0.15, -0.1) is 0 Å². The lowest BCUT2D eigenvalue weighted by Crippen LogP contribution is -2.39. The summed E-state index contributed by atoms with van der Waals surface area (Å²) in [6.45, 7) is 12.2. The molecule has 0 unspecified atom stereocenters. The van der Waals surface area contributed by atoms with E-state index in [1.165, 1.54) is 0 Å². The number of aromatic nitrogens is 3. The molecule has 13 heteroatoms. The fourth-order valence-electron chi connectivity index (χ4n) is 5.25. The summed E-state index contributed by atoms with van der Waals surface area (Å²) >= 11 is 6.26. The minimum atomic E-state index is -0.649. The average Bonchev–Trinajstić information content (AvgIpc) is 3.56. The number of halogens is 1. The minimum absolute atomic E-state index is 0.0734. The van der Waals surface area contributed by atoms with Gasteiger partial charge in [-0.2, -0.15) is 0 Å². The molecule has 0 bridgehead atoms. The van der Waals surface area contributed by atoms with Gasteiger partial charge in [0.15, 0.2) is 0 Å². The Labute approximate surface area is 294 Å². The SMILES string of the molecule is CC[C@@H](COC(=O)[C@H](CC(C)C)NC)Nc1ncc(C)c(-c2c[nH]c(C(=O)N[C@H](COC(=O)[C@H](CC(C)C)NC)c3cccc(Cl)c3)c2)n1. The van der Waals surface area contributed by atoms with Crippen molar-refractivity contribution in [3.8, 4) is 11.3 Å². The number of hydrogen-bond acceptors (Lipinski definition) is 10. The summed E-state index contributed by atoms with van der Waals surface area (Å²) in [5.74, 6) is -0.0452. The van der Waals surface area contributed by atoms with Crippen LogP contribution in [0.25, 0.3) is 11.3 Å². The van der Waals surface area contributed by atoms with E-state index < -0.39 is 18.0 Å². The molecule has 1 amide bonds. The molecule has 0 aliphatic heterocycles. The van der Waals surface area contributed by atoms with Crippen molar-refractivity contribution < 1.29 is 23.9 Å². The highest BCUT2D eigenvalue weighted by molar-refractivity contribution is 6.30. The lowest BCUT2D eigenvalue weighted by Gasteiger charge is -2.22. The number of likely N-dealkylation sites (N-methyl/N-ethyl adjacent to an activating group) is 2. The Morgan fingerprint density at radius 3 is 2.14 bits per heavy atom. The molecular formula is C36H52ClN7O5. The number of hydrogen-bond donors (Lipinski definition) is 5. The van der Waals surface area contributed by atoms with Gasteiger partial charge in [0.25, 0.3) is 5.91 Å². The Morgan fingerprint density at radius 1 is 0.939 bits per heavy atom.